The van der Waals surface area contributed by atoms with Crippen molar-refractivity contribution in [2.75, 3.05) is 34.8 Å². The largest absolute Gasteiger partial charge is 0.370 e. The van der Waals surface area contributed by atoms with Crippen molar-refractivity contribution in [1.29, 1.82) is 0 Å². The van der Waals surface area contributed by atoms with Crippen LogP contribution in [0.3, 0.4) is 0 Å². The van der Waals surface area contributed by atoms with Crippen molar-refractivity contribution in [2.45, 2.75) is 25.7 Å². The highest BCUT2D eigenvalue weighted by Crippen LogP contribution is 2.29. The average molecular weight is 322 g/mol. The fourth-order valence-corrected chi connectivity index (χ4v) is 4.97. The van der Waals surface area contributed by atoms with Crippen LogP contribution in [0, 0.1) is 5.92 Å². The lowest BCUT2D eigenvalue weighted by Crippen LogP contribution is -2.31. The summed E-state index contributed by atoms with van der Waals surface area (Å²) >= 11 is 0. The van der Waals surface area contributed by atoms with Crippen LogP contribution in [0.2, 0.25) is 0 Å². The molecule has 1 aromatic carbocycles. The van der Waals surface area contributed by atoms with Gasteiger partial charge in [-0.15, -0.1) is 0 Å². The Morgan fingerprint density at radius 1 is 1.14 bits per heavy atom. The SMILES string of the molecule is O=C(Nc1ccccc1N1CCCCC1)[C@@H]1CCS(=O)(=O)C1. The van der Waals surface area contributed by atoms with Gasteiger partial charge in [0.05, 0.1) is 28.8 Å². The maximum Gasteiger partial charge on any atom is 0.228 e. The smallest absolute Gasteiger partial charge is 0.228 e. The lowest BCUT2D eigenvalue weighted by Gasteiger charge is -2.30. The molecule has 2 aliphatic rings. The fourth-order valence-electron chi connectivity index (χ4n) is 3.23. The Morgan fingerprint density at radius 3 is 2.55 bits per heavy atom. The average Bonchev–Trinajstić information content (AvgIpc) is 2.89. The highest BCUT2D eigenvalue weighted by molar-refractivity contribution is 7.91. The molecule has 0 aromatic heterocycles. The van der Waals surface area contributed by atoms with Gasteiger partial charge < -0.3 is 10.2 Å². The quantitative estimate of drug-likeness (QED) is 0.925. The summed E-state index contributed by atoms with van der Waals surface area (Å²) in [6.45, 7) is 2.01. The van der Waals surface area contributed by atoms with E-state index in [0.717, 1.165) is 24.5 Å². The molecule has 0 unspecified atom stereocenters. The predicted octanol–water partition coefficient (Wildman–Crippen LogP) is 2.05. The van der Waals surface area contributed by atoms with Gasteiger partial charge in [0.15, 0.2) is 9.84 Å². The van der Waals surface area contributed by atoms with Crippen LogP contribution in [0.1, 0.15) is 25.7 Å². The number of anilines is 2. The lowest BCUT2D eigenvalue weighted by atomic mass is 10.1. The van der Waals surface area contributed by atoms with Crippen molar-refractivity contribution in [3.8, 4) is 0 Å². The number of benzene rings is 1. The molecule has 2 heterocycles. The van der Waals surface area contributed by atoms with Crippen LogP contribution in [0.25, 0.3) is 0 Å². The predicted molar refractivity (Wildman–Crippen MR) is 87.9 cm³/mol. The Labute approximate surface area is 131 Å². The van der Waals surface area contributed by atoms with Crippen LogP contribution in [0.15, 0.2) is 24.3 Å². The molecule has 0 aliphatic carbocycles. The highest BCUT2D eigenvalue weighted by atomic mass is 32.2. The zero-order chi connectivity index (χ0) is 15.6. The van der Waals surface area contributed by atoms with E-state index >= 15 is 0 Å². The second kappa shape index (κ2) is 6.28. The van der Waals surface area contributed by atoms with Gasteiger partial charge in [0.1, 0.15) is 0 Å². The summed E-state index contributed by atoms with van der Waals surface area (Å²) < 4.78 is 23.0. The van der Waals surface area contributed by atoms with Crippen molar-refractivity contribution < 1.29 is 13.2 Å². The van der Waals surface area contributed by atoms with Crippen LogP contribution in [-0.2, 0) is 14.6 Å². The number of amides is 1. The lowest BCUT2D eigenvalue weighted by molar-refractivity contribution is -0.119. The first-order valence-corrected chi connectivity index (χ1v) is 9.72. The Hall–Kier alpha value is -1.56. The number of rotatable bonds is 3. The van der Waals surface area contributed by atoms with Crippen molar-refractivity contribution in [3.63, 3.8) is 0 Å². The number of hydrogen-bond donors (Lipinski definition) is 1. The van der Waals surface area contributed by atoms with Gasteiger partial charge in [-0.1, -0.05) is 12.1 Å². The molecule has 6 heteroatoms. The van der Waals surface area contributed by atoms with E-state index in [1.165, 1.54) is 19.3 Å². The first-order chi connectivity index (χ1) is 10.6. The van der Waals surface area contributed by atoms with E-state index < -0.39 is 15.8 Å². The minimum absolute atomic E-state index is 0.0231. The van der Waals surface area contributed by atoms with Gasteiger partial charge in [-0.2, -0.15) is 0 Å². The summed E-state index contributed by atoms with van der Waals surface area (Å²) in [5, 5.41) is 2.94. The van der Waals surface area contributed by atoms with Crippen LogP contribution < -0.4 is 10.2 Å². The van der Waals surface area contributed by atoms with E-state index in [0.29, 0.717) is 6.42 Å². The second-order valence-corrected chi connectivity index (χ2v) is 8.38. The number of carbonyl (C=O) groups is 1. The fraction of sp³-hybridized carbons (Fsp3) is 0.562. The minimum atomic E-state index is -3.03. The van der Waals surface area contributed by atoms with Gasteiger partial charge in [-0.05, 0) is 37.8 Å². The molecular formula is C16H22N2O3S. The van der Waals surface area contributed by atoms with Crippen molar-refractivity contribution >= 4 is 27.1 Å². The molecule has 2 aliphatic heterocycles. The molecule has 0 spiro atoms. The molecule has 3 rings (SSSR count). The topological polar surface area (TPSA) is 66.5 Å². The van der Waals surface area contributed by atoms with E-state index in [1.54, 1.807) is 0 Å². The van der Waals surface area contributed by atoms with E-state index in [9.17, 15) is 13.2 Å². The van der Waals surface area contributed by atoms with Crippen LogP contribution in [0.4, 0.5) is 11.4 Å². The molecular weight excluding hydrogens is 300 g/mol. The van der Waals surface area contributed by atoms with Gasteiger partial charge in [-0.3, -0.25) is 4.79 Å². The van der Waals surface area contributed by atoms with E-state index in [4.69, 9.17) is 0 Å². The number of sulfone groups is 1. The Bertz CT molecular complexity index is 651. The number of nitrogens with zero attached hydrogens (tertiary/aromatic N) is 1. The van der Waals surface area contributed by atoms with E-state index in [2.05, 4.69) is 10.2 Å². The number of hydrogen-bond acceptors (Lipinski definition) is 4. The standard InChI is InChI=1S/C16H22N2O3S/c19-16(13-8-11-22(20,21)12-13)17-14-6-2-3-7-15(14)18-9-4-1-5-10-18/h2-3,6-7,13H,1,4-5,8-12H2,(H,17,19)/t13-/m1/s1. The Balaban J connectivity index is 1.73. The Morgan fingerprint density at radius 2 is 1.86 bits per heavy atom. The molecule has 2 saturated heterocycles. The van der Waals surface area contributed by atoms with Crippen LogP contribution >= 0.6 is 0 Å². The zero-order valence-corrected chi connectivity index (χ0v) is 13.4. The first-order valence-electron chi connectivity index (χ1n) is 7.90. The van der Waals surface area contributed by atoms with Crippen LogP contribution in [0.5, 0.6) is 0 Å². The van der Waals surface area contributed by atoms with Crippen LogP contribution in [-0.4, -0.2) is 38.9 Å². The summed E-state index contributed by atoms with van der Waals surface area (Å²) in [7, 11) is -3.03. The molecule has 5 nitrogen and oxygen atoms in total. The first kappa shape index (κ1) is 15.3. The Kier molecular flexibility index (Phi) is 4.38. The third-order valence-corrected chi connectivity index (χ3v) is 6.23. The minimum Gasteiger partial charge on any atom is -0.370 e. The molecule has 0 saturated carbocycles. The van der Waals surface area contributed by atoms with Gasteiger partial charge in [-0.25, -0.2) is 8.42 Å². The number of para-hydroxylation sites is 2. The third-order valence-electron chi connectivity index (χ3n) is 4.46. The monoisotopic (exact) mass is 322 g/mol. The summed E-state index contributed by atoms with van der Waals surface area (Å²) in [5.41, 5.74) is 1.83. The molecule has 2 fully saturated rings. The van der Waals surface area contributed by atoms with Gasteiger partial charge in [0.25, 0.3) is 0 Å². The van der Waals surface area contributed by atoms with E-state index in [1.807, 2.05) is 24.3 Å². The van der Waals surface area contributed by atoms with Crippen molar-refractivity contribution in [1.82, 2.24) is 0 Å². The molecule has 0 bridgehead atoms. The molecule has 1 aromatic rings. The maximum atomic E-state index is 12.3. The molecule has 1 N–H and O–H groups in total. The second-order valence-electron chi connectivity index (χ2n) is 6.15. The van der Waals surface area contributed by atoms with Gasteiger partial charge in [0.2, 0.25) is 5.91 Å². The summed E-state index contributed by atoms with van der Waals surface area (Å²) in [4.78, 5) is 14.6. The summed E-state index contributed by atoms with van der Waals surface area (Å²) in [5.74, 6) is -0.492. The van der Waals surface area contributed by atoms with E-state index in [-0.39, 0.29) is 17.4 Å². The molecule has 120 valence electrons. The van der Waals surface area contributed by atoms with Gasteiger partial charge >= 0.3 is 0 Å². The zero-order valence-electron chi connectivity index (χ0n) is 12.6. The molecule has 1 atom stereocenters. The number of nitrogens with one attached hydrogen (secondary N) is 1. The third kappa shape index (κ3) is 3.43. The normalized spacial score (nSPS) is 24.2. The van der Waals surface area contributed by atoms with Crippen molar-refractivity contribution in [3.05, 3.63) is 24.3 Å². The van der Waals surface area contributed by atoms with Crippen molar-refractivity contribution in [2.24, 2.45) is 5.92 Å². The molecule has 22 heavy (non-hydrogen) atoms. The maximum absolute atomic E-state index is 12.3. The molecule has 0 radical (unpaired) electrons. The van der Waals surface area contributed by atoms with Gasteiger partial charge in [0, 0.05) is 13.1 Å². The number of piperidine rings is 1. The molecule has 1 amide bonds. The number of carbonyl (C=O) groups excluding carboxylic acids is 1. The highest BCUT2D eigenvalue weighted by Gasteiger charge is 2.33. The summed E-state index contributed by atoms with van der Waals surface area (Å²) in [6.07, 6.45) is 4.03. The summed E-state index contributed by atoms with van der Waals surface area (Å²) in [6, 6.07) is 7.78.